The number of hydrogen-bond acceptors (Lipinski definition) is 3. The number of rotatable bonds is 2. The molecule has 1 aliphatic rings. The van der Waals surface area contributed by atoms with Crippen molar-refractivity contribution in [2.45, 2.75) is 46.1 Å². The standard InChI is InChI=1S/C11H24N2.CH4O/c1-10(2)13-7-5-4-6-11(3,8-12)9-13;1-2/h10H,4-9,12H2,1-3H3;2H,1H3. The number of aliphatic hydroxyl groups is 1. The summed E-state index contributed by atoms with van der Waals surface area (Å²) < 4.78 is 0. The molecule has 0 bridgehead atoms. The maximum Gasteiger partial charge on any atom is 0.0319 e. The van der Waals surface area contributed by atoms with E-state index >= 15 is 0 Å². The van der Waals surface area contributed by atoms with Crippen LogP contribution in [0.2, 0.25) is 0 Å². The SMILES string of the molecule is CC(C)N1CCCCC(C)(CN)C1.CO. The van der Waals surface area contributed by atoms with Gasteiger partial charge < -0.3 is 15.7 Å². The summed E-state index contributed by atoms with van der Waals surface area (Å²) in [6.45, 7) is 10.2. The molecule has 1 aliphatic heterocycles. The van der Waals surface area contributed by atoms with Gasteiger partial charge in [0.1, 0.15) is 0 Å². The van der Waals surface area contributed by atoms with Crippen molar-refractivity contribution in [2.24, 2.45) is 11.1 Å². The fourth-order valence-corrected chi connectivity index (χ4v) is 2.12. The van der Waals surface area contributed by atoms with E-state index in [2.05, 4.69) is 25.7 Å². The van der Waals surface area contributed by atoms with E-state index in [0.717, 1.165) is 13.7 Å². The number of nitrogens with two attached hydrogens (primary N) is 1. The lowest BCUT2D eigenvalue weighted by Crippen LogP contribution is -2.42. The molecule has 92 valence electrons. The van der Waals surface area contributed by atoms with Crippen LogP contribution in [0.1, 0.15) is 40.0 Å². The summed E-state index contributed by atoms with van der Waals surface area (Å²) in [5.74, 6) is 0. The first-order valence-corrected chi connectivity index (χ1v) is 5.96. The van der Waals surface area contributed by atoms with Crippen LogP contribution in [0.15, 0.2) is 0 Å². The monoisotopic (exact) mass is 216 g/mol. The molecule has 1 fully saturated rings. The van der Waals surface area contributed by atoms with Crippen molar-refractivity contribution < 1.29 is 5.11 Å². The average Bonchev–Trinajstić information content (AvgIpc) is 2.44. The van der Waals surface area contributed by atoms with E-state index in [1.807, 2.05) is 0 Å². The van der Waals surface area contributed by atoms with Crippen molar-refractivity contribution in [2.75, 3.05) is 26.7 Å². The maximum atomic E-state index is 7.00. The van der Waals surface area contributed by atoms with Gasteiger partial charge in [0.25, 0.3) is 0 Å². The van der Waals surface area contributed by atoms with Crippen LogP contribution in [0.4, 0.5) is 0 Å². The molecular formula is C12H28N2O. The van der Waals surface area contributed by atoms with Crippen LogP contribution in [-0.4, -0.2) is 42.8 Å². The van der Waals surface area contributed by atoms with Gasteiger partial charge in [0.15, 0.2) is 0 Å². The van der Waals surface area contributed by atoms with E-state index in [1.54, 1.807) is 0 Å². The Hall–Kier alpha value is -0.120. The first-order chi connectivity index (χ1) is 7.07. The maximum absolute atomic E-state index is 7.00. The van der Waals surface area contributed by atoms with Gasteiger partial charge in [-0.1, -0.05) is 13.3 Å². The van der Waals surface area contributed by atoms with E-state index in [0.29, 0.717) is 11.5 Å². The lowest BCUT2D eigenvalue weighted by Gasteiger charge is -2.34. The third-order valence-electron chi connectivity index (χ3n) is 3.28. The Morgan fingerprint density at radius 2 is 1.93 bits per heavy atom. The highest BCUT2D eigenvalue weighted by Crippen LogP contribution is 2.28. The molecule has 0 amide bonds. The molecule has 0 aliphatic carbocycles. The van der Waals surface area contributed by atoms with E-state index < -0.39 is 0 Å². The molecule has 1 heterocycles. The number of hydrogen-bond donors (Lipinski definition) is 2. The second kappa shape index (κ2) is 7.20. The van der Waals surface area contributed by atoms with Crippen molar-refractivity contribution in [1.29, 1.82) is 0 Å². The van der Waals surface area contributed by atoms with Gasteiger partial charge in [0.2, 0.25) is 0 Å². The second-order valence-corrected chi connectivity index (χ2v) is 5.04. The first kappa shape index (κ1) is 14.9. The molecule has 3 heteroatoms. The number of nitrogens with zero attached hydrogens (tertiary/aromatic N) is 1. The van der Waals surface area contributed by atoms with Gasteiger partial charge >= 0.3 is 0 Å². The van der Waals surface area contributed by atoms with E-state index in [1.165, 1.54) is 32.4 Å². The van der Waals surface area contributed by atoms with Gasteiger partial charge in [0, 0.05) is 19.7 Å². The molecule has 0 aromatic rings. The highest BCUT2D eigenvalue weighted by molar-refractivity contribution is 4.83. The van der Waals surface area contributed by atoms with Crippen LogP contribution in [0, 0.1) is 5.41 Å². The Balaban J connectivity index is 0.000000921. The Kier molecular flexibility index (Phi) is 7.14. The Morgan fingerprint density at radius 1 is 1.33 bits per heavy atom. The molecule has 1 atom stereocenters. The summed E-state index contributed by atoms with van der Waals surface area (Å²) in [6, 6.07) is 0.670. The lowest BCUT2D eigenvalue weighted by atomic mass is 9.85. The fourth-order valence-electron chi connectivity index (χ4n) is 2.12. The fraction of sp³-hybridized carbons (Fsp3) is 1.00. The zero-order valence-corrected chi connectivity index (χ0v) is 10.8. The number of likely N-dealkylation sites (tertiary alicyclic amines) is 1. The third kappa shape index (κ3) is 4.96. The van der Waals surface area contributed by atoms with Gasteiger partial charge in [-0.3, -0.25) is 0 Å². The summed E-state index contributed by atoms with van der Waals surface area (Å²) >= 11 is 0. The van der Waals surface area contributed by atoms with Crippen LogP contribution in [-0.2, 0) is 0 Å². The molecule has 0 aromatic heterocycles. The highest BCUT2D eigenvalue weighted by Gasteiger charge is 2.28. The molecule has 1 rings (SSSR count). The Labute approximate surface area is 94.6 Å². The third-order valence-corrected chi connectivity index (χ3v) is 3.28. The lowest BCUT2D eigenvalue weighted by molar-refractivity contribution is 0.153. The molecule has 0 saturated carbocycles. The van der Waals surface area contributed by atoms with Crippen LogP contribution < -0.4 is 5.73 Å². The molecule has 1 saturated heterocycles. The Morgan fingerprint density at radius 3 is 2.40 bits per heavy atom. The molecule has 1 unspecified atom stereocenters. The molecule has 0 spiro atoms. The Bertz CT molecular complexity index is 162. The highest BCUT2D eigenvalue weighted by atomic mass is 16.2. The average molecular weight is 216 g/mol. The molecule has 15 heavy (non-hydrogen) atoms. The van der Waals surface area contributed by atoms with E-state index in [9.17, 15) is 0 Å². The van der Waals surface area contributed by atoms with Crippen molar-refractivity contribution in [3.8, 4) is 0 Å². The summed E-state index contributed by atoms with van der Waals surface area (Å²) in [5.41, 5.74) is 6.20. The summed E-state index contributed by atoms with van der Waals surface area (Å²) in [4.78, 5) is 2.57. The summed E-state index contributed by atoms with van der Waals surface area (Å²) in [6.07, 6.45) is 3.98. The van der Waals surface area contributed by atoms with Gasteiger partial charge in [-0.2, -0.15) is 0 Å². The first-order valence-electron chi connectivity index (χ1n) is 5.96. The molecule has 3 nitrogen and oxygen atoms in total. The minimum atomic E-state index is 0.362. The second-order valence-electron chi connectivity index (χ2n) is 5.04. The predicted octanol–water partition coefficient (Wildman–Crippen LogP) is 1.45. The molecule has 3 N–H and O–H groups in total. The molecular weight excluding hydrogens is 188 g/mol. The van der Waals surface area contributed by atoms with Crippen molar-refractivity contribution in [3.63, 3.8) is 0 Å². The summed E-state index contributed by atoms with van der Waals surface area (Å²) in [5, 5.41) is 7.00. The largest absolute Gasteiger partial charge is 0.400 e. The van der Waals surface area contributed by atoms with E-state index in [4.69, 9.17) is 10.8 Å². The van der Waals surface area contributed by atoms with Gasteiger partial charge in [0.05, 0.1) is 0 Å². The minimum Gasteiger partial charge on any atom is -0.400 e. The van der Waals surface area contributed by atoms with Crippen LogP contribution in [0.3, 0.4) is 0 Å². The quantitative estimate of drug-likeness (QED) is 0.734. The summed E-state index contributed by atoms with van der Waals surface area (Å²) in [7, 11) is 1.00. The topological polar surface area (TPSA) is 49.5 Å². The minimum absolute atomic E-state index is 0.362. The zero-order chi connectivity index (χ0) is 11.9. The van der Waals surface area contributed by atoms with Gasteiger partial charge in [-0.15, -0.1) is 0 Å². The molecule has 0 radical (unpaired) electrons. The predicted molar refractivity (Wildman–Crippen MR) is 65.9 cm³/mol. The van der Waals surface area contributed by atoms with Gasteiger partial charge in [-0.05, 0) is 45.2 Å². The molecule has 0 aromatic carbocycles. The smallest absolute Gasteiger partial charge is 0.0319 e. The van der Waals surface area contributed by atoms with Crippen molar-refractivity contribution in [1.82, 2.24) is 4.90 Å². The van der Waals surface area contributed by atoms with Crippen LogP contribution in [0.25, 0.3) is 0 Å². The van der Waals surface area contributed by atoms with Gasteiger partial charge in [-0.25, -0.2) is 0 Å². The number of aliphatic hydroxyl groups excluding tert-OH is 1. The van der Waals surface area contributed by atoms with Crippen LogP contribution in [0.5, 0.6) is 0 Å². The van der Waals surface area contributed by atoms with E-state index in [-0.39, 0.29) is 0 Å². The van der Waals surface area contributed by atoms with Crippen molar-refractivity contribution in [3.05, 3.63) is 0 Å². The van der Waals surface area contributed by atoms with Crippen molar-refractivity contribution >= 4 is 0 Å². The van der Waals surface area contributed by atoms with Crippen LogP contribution >= 0.6 is 0 Å². The normalized spacial score (nSPS) is 28.2. The zero-order valence-electron chi connectivity index (χ0n) is 10.8.